The van der Waals surface area contributed by atoms with Gasteiger partial charge in [0.15, 0.2) is 0 Å². The van der Waals surface area contributed by atoms with E-state index in [2.05, 4.69) is 53.1 Å². The van der Waals surface area contributed by atoms with E-state index < -0.39 is 0 Å². The average Bonchev–Trinajstić information content (AvgIpc) is 3.35. The number of fused-ring (bicyclic) bond motifs is 2. The maximum absolute atomic E-state index is 6.26. The molecule has 0 spiro atoms. The lowest BCUT2D eigenvalue weighted by Gasteiger charge is -2.31. The van der Waals surface area contributed by atoms with Crippen LogP contribution in [0.1, 0.15) is 45.6 Å². The molecule has 2 aromatic carbocycles. The van der Waals surface area contributed by atoms with Crippen molar-refractivity contribution in [1.29, 1.82) is 0 Å². The van der Waals surface area contributed by atoms with Crippen LogP contribution in [0.3, 0.4) is 0 Å². The Hall–Kier alpha value is -3.32. The average molecular weight is 475 g/mol. The third-order valence-electron chi connectivity index (χ3n) is 6.55. The minimum absolute atomic E-state index is 0.0797. The van der Waals surface area contributed by atoms with Crippen LogP contribution >= 0.6 is 0 Å². The Bertz CT molecular complexity index is 1250. The molecule has 0 aliphatic carbocycles. The van der Waals surface area contributed by atoms with Crippen molar-refractivity contribution in [1.82, 2.24) is 14.9 Å². The molecular formula is C28H34N4O3. The van der Waals surface area contributed by atoms with E-state index in [1.807, 2.05) is 30.3 Å². The normalized spacial score (nSPS) is 17.0. The number of allylic oxidation sites excluding steroid dienone is 1. The van der Waals surface area contributed by atoms with Gasteiger partial charge < -0.3 is 24.4 Å². The van der Waals surface area contributed by atoms with Crippen LogP contribution in [0.25, 0.3) is 16.5 Å². The van der Waals surface area contributed by atoms with Crippen molar-refractivity contribution in [2.45, 2.75) is 45.6 Å². The molecule has 3 aromatic rings. The lowest BCUT2D eigenvalue weighted by molar-refractivity contribution is 0.263. The van der Waals surface area contributed by atoms with Crippen LogP contribution in [0.15, 0.2) is 42.5 Å². The number of likely N-dealkylation sites (tertiary alicyclic amines) is 1. The van der Waals surface area contributed by atoms with Crippen molar-refractivity contribution in [3.63, 3.8) is 0 Å². The number of nitrogens with zero attached hydrogens (tertiary/aromatic N) is 3. The van der Waals surface area contributed by atoms with E-state index in [1.54, 1.807) is 7.11 Å². The molecule has 2 aliphatic rings. The van der Waals surface area contributed by atoms with Gasteiger partial charge in [-0.3, -0.25) is 0 Å². The van der Waals surface area contributed by atoms with Gasteiger partial charge in [-0.25, -0.2) is 0 Å². The Morgan fingerprint density at radius 3 is 2.63 bits per heavy atom. The SMILES string of the molecule is COc1nc(Oc2ccc3c(c2)C(C)=CC(C)(C)N3)c2ccc(OCCCN3CCCC3)cc2n1. The van der Waals surface area contributed by atoms with Gasteiger partial charge in [0.1, 0.15) is 11.5 Å². The Kier molecular flexibility index (Phi) is 6.52. The second kappa shape index (κ2) is 9.74. The van der Waals surface area contributed by atoms with Gasteiger partial charge in [-0.05, 0) is 89.0 Å². The predicted molar refractivity (Wildman–Crippen MR) is 140 cm³/mol. The number of benzene rings is 2. The molecule has 0 bridgehead atoms. The number of ether oxygens (including phenoxy) is 3. The molecule has 1 aromatic heterocycles. The Morgan fingerprint density at radius 2 is 1.83 bits per heavy atom. The van der Waals surface area contributed by atoms with E-state index >= 15 is 0 Å². The zero-order valence-electron chi connectivity index (χ0n) is 21.1. The van der Waals surface area contributed by atoms with Crippen molar-refractivity contribution in [3.8, 4) is 23.4 Å². The van der Waals surface area contributed by atoms with Crippen molar-refractivity contribution in [3.05, 3.63) is 48.0 Å². The molecule has 184 valence electrons. The minimum Gasteiger partial charge on any atom is -0.493 e. The fourth-order valence-corrected chi connectivity index (χ4v) is 4.94. The molecule has 1 fully saturated rings. The fraction of sp³-hybridized carbons (Fsp3) is 0.429. The van der Waals surface area contributed by atoms with E-state index in [-0.39, 0.29) is 11.5 Å². The summed E-state index contributed by atoms with van der Waals surface area (Å²) in [4.78, 5) is 11.5. The first-order valence-electron chi connectivity index (χ1n) is 12.4. The first-order valence-corrected chi connectivity index (χ1v) is 12.4. The summed E-state index contributed by atoms with van der Waals surface area (Å²) in [6.07, 6.45) is 5.87. The van der Waals surface area contributed by atoms with Crippen molar-refractivity contribution >= 4 is 22.2 Å². The van der Waals surface area contributed by atoms with E-state index in [1.165, 1.54) is 31.5 Å². The van der Waals surface area contributed by atoms with Crippen LogP contribution in [-0.2, 0) is 0 Å². The van der Waals surface area contributed by atoms with Crippen LogP contribution in [-0.4, -0.2) is 53.8 Å². The van der Waals surface area contributed by atoms with E-state index in [0.29, 0.717) is 18.2 Å². The van der Waals surface area contributed by atoms with Crippen molar-refractivity contribution in [2.75, 3.05) is 38.7 Å². The van der Waals surface area contributed by atoms with Gasteiger partial charge in [-0.2, -0.15) is 9.97 Å². The molecule has 3 heterocycles. The number of hydrogen-bond acceptors (Lipinski definition) is 7. The summed E-state index contributed by atoms with van der Waals surface area (Å²) < 4.78 is 17.6. The van der Waals surface area contributed by atoms with Crippen LogP contribution in [0.2, 0.25) is 0 Å². The number of nitrogens with one attached hydrogen (secondary N) is 1. The molecule has 7 heteroatoms. The van der Waals surface area contributed by atoms with Gasteiger partial charge in [0.05, 0.1) is 30.2 Å². The van der Waals surface area contributed by atoms with E-state index in [4.69, 9.17) is 14.2 Å². The lowest BCUT2D eigenvalue weighted by Crippen LogP contribution is -2.31. The van der Waals surface area contributed by atoms with Gasteiger partial charge in [0.25, 0.3) is 0 Å². The maximum Gasteiger partial charge on any atom is 0.320 e. The predicted octanol–water partition coefficient (Wildman–Crippen LogP) is 5.90. The quantitative estimate of drug-likeness (QED) is 0.408. The molecule has 35 heavy (non-hydrogen) atoms. The molecule has 0 radical (unpaired) electrons. The van der Waals surface area contributed by atoms with Gasteiger partial charge in [-0.1, -0.05) is 6.08 Å². The second-order valence-electron chi connectivity index (χ2n) is 9.93. The molecule has 0 unspecified atom stereocenters. The zero-order chi connectivity index (χ0) is 24.4. The highest BCUT2D eigenvalue weighted by atomic mass is 16.5. The van der Waals surface area contributed by atoms with Crippen LogP contribution in [0, 0.1) is 0 Å². The first kappa shape index (κ1) is 23.4. The summed E-state index contributed by atoms with van der Waals surface area (Å²) in [7, 11) is 1.56. The first-order chi connectivity index (χ1) is 16.9. The summed E-state index contributed by atoms with van der Waals surface area (Å²) in [5.74, 6) is 1.95. The molecule has 1 saturated heterocycles. The topological polar surface area (TPSA) is 68.7 Å². The fourth-order valence-electron chi connectivity index (χ4n) is 4.94. The van der Waals surface area contributed by atoms with Gasteiger partial charge >= 0.3 is 6.01 Å². The summed E-state index contributed by atoms with van der Waals surface area (Å²) in [6, 6.07) is 12.1. The number of methoxy groups -OCH3 is 1. The summed E-state index contributed by atoms with van der Waals surface area (Å²) in [5.41, 5.74) is 4.08. The molecule has 0 amide bonds. The smallest absolute Gasteiger partial charge is 0.320 e. The van der Waals surface area contributed by atoms with Gasteiger partial charge in [0, 0.05) is 23.9 Å². The summed E-state index contributed by atoms with van der Waals surface area (Å²) in [5, 5.41) is 4.36. The van der Waals surface area contributed by atoms with Gasteiger partial charge in [-0.15, -0.1) is 0 Å². The standard InChI is InChI=1S/C28H34N4O3/c1-19-18-28(2,3)31-24-11-9-21(16-23(19)24)35-26-22-10-8-20(17-25(22)29-27(30-26)33-4)34-15-7-14-32-12-5-6-13-32/h8-11,16-18,31H,5-7,12-15H2,1-4H3. The monoisotopic (exact) mass is 474 g/mol. The maximum atomic E-state index is 6.26. The highest BCUT2D eigenvalue weighted by molar-refractivity contribution is 5.86. The molecule has 2 aliphatic heterocycles. The molecule has 7 nitrogen and oxygen atoms in total. The Balaban J connectivity index is 1.35. The van der Waals surface area contributed by atoms with Crippen LogP contribution in [0.5, 0.6) is 23.4 Å². The van der Waals surface area contributed by atoms with Crippen LogP contribution < -0.4 is 19.5 Å². The molecule has 5 rings (SSSR count). The second-order valence-corrected chi connectivity index (χ2v) is 9.93. The lowest BCUT2D eigenvalue weighted by atomic mass is 9.91. The Morgan fingerprint density at radius 1 is 1.03 bits per heavy atom. The zero-order valence-corrected chi connectivity index (χ0v) is 21.1. The van der Waals surface area contributed by atoms with Crippen molar-refractivity contribution in [2.24, 2.45) is 0 Å². The largest absolute Gasteiger partial charge is 0.493 e. The minimum atomic E-state index is -0.0797. The van der Waals surface area contributed by atoms with E-state index in [0.717, 1.165) is 40.9 Å². The molecule has 0 saturated carbocycles. The third kappa shape index (κ3) is 5.35. The van der Waals surface area contributed by atoms with E-state index in [9.17, 15) is 0 Å². The van der Waals surface area contributed by atoms with Gasteiger partial charge in [0.2, 0.25) is 5.88 Å². The molecule has 1 N–H and O–H groups in total. The molecular weight excluding hydrogens is 440 g/mol. The highest BCUT2D eigenvalue weighted by Crippen LogP contribution is 2.38. The number of hydrogen-bond donors (Lipinski definition) is 1. The number of rotatable bonds is 8. The highest BCUT2D eigenvalue weighted by Gasteiger charge is 2.23. The van der Waals surface area contributed by atoms with Crippen LogP contribution in [0.4, 0.5) is 5.69 Å². The number of anilines is 1. The third-order valence-corrected chi connectivity index (χ3v) is 6.55. The summed E-state index contributed by atoms with van der Waals surface area (Å²) in [6.45, 7) is 10.6. The number of aromatic nitrogens is 2. The molecule has 0 atom stereocenters. The Labute approximate surface area is 207 Å². The summed E-state index contributed by atoms with van der Waals surface area (Å²) >= 11 is 0. The van der Waals surface area contributed by atoms with Crippen molar-refractivity contribution < 1.29 is 14.2 Å².